The third-order valence-electron chi connectivity index (χ3n) is 2.53. The fraction of sp³-hybridized carbons (Fsp3) is 0.400. The summed E-state index contributed by atoms with van der Waals surface area (Å²) in [7, 11) is -8.09. The maximum atomic E-state index is 12.1. The van der Waals surface area contributed by atoms with Crippen LogP contribution in [0.25, 0.3) is 0 Å². The molecule has 120 valence electrons. The molecule has 0 saturated heterocycles. The molecule has 1 rings (SSSR count). The van der Waals surface area contributed by atoms with Crippen LogP contribution in [0.4, 0.5) is 5.69 Å². The summed E-state index contributed by atoms with van der Waals surface area (Å²) < 4.78 is 56.3. The number of nitrogens with two attached hydrogens (primary N) is 1. The van der Waals surface area contributed by atoms with E-state index in [0.717, 1.165) is 12.1 Å². The van der Waals surface area contributed by atoms with Crippen molar-refractivity contribution in [3.63, 3.8) is 0 Å². The van der Waals surface area contributed by atoms with E-state index >= 15 is 0 Å². The van der Waals surface area contributed by atoms with Gasteiger partial charge in [-0.3, -0.25) is 4.55 Å². The van der Waals surface area contributed by atoms with Gasteiger partial charge in [-0.1, -0.05) is 23.2 Å². The van der Waals surface area contributed by atoms with E-state index in [4.69, 9.17) is 33.5 Å². The van der Waals surface area contributed by atoms with Crippen LogP contribution in [0.3, 0.4) is 0 Å². The van der Waals surface area contributed by atoms with Gasteiger partial charge in [0.25, 0.3) is 10.1 Å². The van der Waals surface area contributed by atoms with E-state index in [1.807, 2.05) is 0 Å². The summed E-state index contributed by atoms with van der Waals surface area (Å²) in [4.78, 5) is -0.189. The zero-order valence-electron chi connectivity index (χ0n) is 10.9. The molecule has 0 aliphatic rings. The second-order valence-electron chi connectivity index (χ2n) is 4.40. The molecule has 4 N–H and O–H groups in total. The third-order valence-corrected chi connectivity index (χ3v) is 5.47. The van der Waals surface area contributed by atoms with Crippen LogP contribution in [0.15, 0.2) is 17.0 Å². The van der Waals surface area contributed by atoms with Crippen molar-refractivity contribution in [2.75, 3.05) is 11.5 Å². The first kappa shape index (κ1) is 18.5. The van der Waals surface area contributed by atoms with Crippen molar-refractivity contribution in [3.05, 3.63) is 22.2 Å². The summed E-state index contributed by atoms with van der Waals surface area (Å²) >= 11 is 11.5. The quantitative estimate of drug-likeness (QED) is 0.510. The molecule has 0 aliphatic carbocycles. The van der Waals surface area contributed by atoms with E-state index in [2.05, 4.69) is 4.72 Å². The molecule has 0 bridgehead atoms. The fourth-order valence-corrected chi connectivity index (χ4v) is 4.03. The molecule has 11 heteroatoms. The van der Waals surface area contributed by atoms with Gasteiger partial charge in [0.15, 0.2) is 0 Å². The number of benzene rings is 1. The Morgan fingerprint density at radius 3 is 2.14 bits per heavy atom. The van der Waals surface area contributed by atoms with E-state index in [1.165, 1.54) is 6.92 Å². The van der Waals surface area contributed by atoms with Crippen molar-refractivity contribution < 1.29 is 21.4 Å². The summed E-state index contributed by atoms with van der Waals surface area (Å²) in [5, 5.41) is -0.0121. The molecule has 0 spiro atoms. The lowest BCUT2D eigenvalue weighted by Crippen LogP contribution is -2.34. The van der Waals surface area contributed by atoms with Gasteiger partial charge in [-0.2, -0.15) is 8.42 Å². The minimum atomic E-state index is -4.15. The van der Waals surface area contributed by atoms with Gasteiger partial charge in [-0.25, -0.2) is 13.1 Å². The number of rotatable bonds is 6. The highest BCUT2D eigenvalue weighted by molar-refractivity contribution is 7.89. The lowest BCUT2D eigenvalue weighted by Gasteiger charge is -2.14. The lowest BCUT2D eigenvalue weighted by atomic mass is 10.3. The molecule has 21 heavy (non-hydrogen) atoms. The van der Waals surface area contributed by atoms with Gasteiger partial charge in [0.05, 0.1) is 26.4 Å². The Labute approximate surface area is 133 Å². The molecular weight excluding hydrogens is 363 g/mol. The highest BCUT2D eigenvalue weighted by Gasteiger charge is 2.21. The standard InChI is InChI=1S/C10H14Cl2N2O5S2/c1-6(2-3-20(15,16)17)14-21(18,19)7-4-8(11)10(13)9(12)5-7/h4-6,14H,2-3,13H2,1H3,(H,15,16,17). The van der Waals surface area contributed by atoms with Gasteiger partial charge in [0, 0.05) is 6.04 Å². The van der Waals surface area contributed by atoms with Crippen LogP contribution in [0.1, 0.15) is 13.3 Å². The predicted molar refractivity (Wildman–Crippen MR) is 81.7 cm³/mol. The molecule has 0 aromatic heterocycles. The minimum Gasteiger partial charge on any atom is -0.396 e. The van der Waals surface area contributed by atoms with Gasteiger partial charge >= 0.3 is 0 Å². The normalized spacial score (nSPS) is 14.1. The number of hydrogen-bond acceptors (Lipinski definition) is 5. The van der Waals surface area contributed by atoms with Crippen LogP contribution in [0.2, 0.25) is 10.0 Å². The Kier molecular flexibility index (Phi) is 5.87. The van der Waals surface area contributed by atoms with E-state index in [1.54, 1.807) is 0 Å². The largest absolute Gasteiger partial charge is 0.396 e. The number of sulfonamides is 1. The predicted octanol–water partition coefficient (Wildman–Crippen LogP) is 1.52. The number of anilines is 1. The van der Waals surface area contributed by atoms with Crippen LogP contribution < -0.4 is 10.5 Å². The van der Waals surface area contributed by atoms with Gasteiger partial charge in [0.1, 0.15) is 0 Å². The van der Waals surface area contributed by atoms with Crippen molar-refractivity contribution in [2.24, 2.45) is 0 Å². The summed E-state index contributed by atoms with van der Waals surface area (Å²) in [5.41, 5.74) is 5.58. The summed E-state index contributed by atoms with van der Waals surface area (Å²) in [5.74, 6) is -0.556. The Morgan fingerprint density at radius 2 is 1.71 bits per heavy atom. The molecule has 0 radical (unpaired) electrons. The topological polar surface area (TPSA) is 127 Å². The summed E-state index contributed by atoms with van der Waals surface area (Å²) in [6, 6.07) is 1.56. The summed E-state index contributed by atoms with van der Waals surface area (Å²) in [6.45, 7) is 1.46. The molecule has 0 heterocycles. The fourth-order valence-electron chi connectivity index (χ4n) is 1.43. The van der Waals surface area contributed by atoms with Crippen LogP contribution in [-0.4, -0.2) is 33.2 Å². The molecule has 0 saturated carbocycles. The molecule has 1 unspecified atom stereocenters. The monoisotopic (exact) mass is 376 g/mol. The SMILES string of the molecule is CC(CCS(=O)(=O)O)NS(=O)(=O)c1cc(Cl)c(N)c(Cl)c1. The van der Waals surface area contributed by atoms with Crippen molar-refractivity contribution in [3.8, 4) is 0 Å². The van der Waals surface area contributed by atoms with Crippen LogP contribution in [-0.2, 0) is 20.1 Å². The van der Waals surface area contributed by atoms with Crippen molar-refractivity contribution in [1.29, 1.82) is 0 Å². The van der Waals surface area contributed by atoms with Gasteiger partial charge < -0.3 is 5.73 Å². The third kappa shape index (κ3) is 5.61. The Balaban J connectivity index is 2.92. The highest BCUT2D eigenvalue weighted by atomic mass is 35.5. The van der Waals surface area contributed by atoms with E-state index < -0.39 is 31.9 Å². The zero-order chi connectivity index (χ0) is 16.4. The maximum absolute atomic E-state index is 12.1. The number of halogens is 2. The van der Waals surface area contributed by atoms with Crippen molar-refractivity contribution in [2.45, 2.75) is 24.3 Å². The Morgan fingerprint density at radius 1 is 1.24 bits per heavy atom. The average Bonchev–Trinajstić information content (AvgIpc) is 2.31. The molecule has 1 aromatic carbocycles. The second-order valence-corrected chi connectivity index (χ2v) is 8.50. The van der Waals surface area contributed by atoms with Crippen LogP contribution in [0.5, 0.6) is 0 Å². The molecule has 0 aliphatic heterocycles. The molecular formula is C10H14Cl2N2O5S2. The van der Waals surface area contributed by atoms with Crippen molar-refractivity contribution in [1.82, 2.24) is 4.72 Å². The zero-order valence-corrected chi connectivity index (χ0v) is 14.0. The lowest BCUT2D eigenvalue weighted by molar-refractivity contribution is 0.475. The van der Waals surface area contributed by atoms with Gasteiger partial charge in [0.2, 0.25) is 10.0 Å². The van der Waals surface area contributed by atoms with Gasteiger partial charge in [-0.05, 0) is 25.5 Å². The van der Waals surface area contributed by atoms with Crippen molar-refractivity contribution >= 4 is 49.0 Å². The molecule has 0 amide bonds. The van der Waals surface area contributed by atoms with E-state index in [-0.39, 0.29) is 27.0 Å². The van der Waals surface area contributed by atoms with E-state index in [9.17, 15) is 16.8 Å². The Bertz CT molecular complexity index is 711. The minimum absolute atomic E-state index is 0.00605. The number of hydrogen-bond donors (Lipinski definition) is 3. The number of nitrogen functional groups attached to an aromatic ring is 1. The first-order valence-corrected chi connectivity index (χ1v) is 9.49. The average molecular weight is 377 g/mol. The number of nitrogens with one attached hydrogen (secondary N) is 1. The smallest absolute Gasteiger partial charge is 0.264 e. The molecule has 0 fully saturated rings. The van der Waals surface area contributed by atoms with Crippen LogP contribution in [0, 0.1) is 0 Å². The first-order valence-electron chi connectivity index (χ1n) is 5.64. The molecule has 1 atom stereocenters. The maximum Gasteiger partial charge on any atom is 0.264 e. The molecule has 1 aromatic rings. The summed E-state index contributed by atoms with van der Waals surface area (Å²) in [6.07, 6.45) is -0.0888. The first-order chi connectivity index (χ1) is 9.42. The Hall–Kier alpha value is -0.580. The van der Waals surface area contributed by atoms with Crippen LogP contribution >= 0.6 is 23.2 Å². The van der Waals surface area contributed by atoms with Gasteiger partial charge in [-0.15, -0.1) is 0 Å². The second kappa shape index (κ2) is 6.67. The van der Waals surface area contributed by atoms with E-state index in [0.29, 0.717) is 0 Å². The molecule has 7 nitrogen and oxygen atoms in total. The highest BCUT2D eigenvalue weighted by Crippen LogP contribution is 2.30.